The maximum atomic E-state index is 11.9. The van der Waals surface area contributed by atoms with E-state index in [1.54, 1.807) is 12.3 Å². The van der Waals surface area contributed by atoms with Gasteiger partial charge in [-0.1, -0.05) is 6.92 Å². The summed E-state index contributed by atoms with van der Waals surface area (Å²) in [6, 6.07) is 3.93. The van der Waals surface area contributed by atoms with E-state index in [1.807, 2.05) is 6.07 Å². The van der Waals surface area contributed by atoms with Crippen molar-refractivity contribution in [1.29, 1.82) is 0 Å². The zero-order valence-corrected chi connectivity index (χ0v) is 11.1. The van der Waals surface area contributed by atoms with Crippen LogP contribution in [0.4, 0.5) is 5.69 Å². The van der Waals surface area contributed by atoms with Crippen LogP contribution in [0.5, 0.6) is 0 Å². The zero-order valence-electron chi connectivity index (χ0n) is 11.1. The van der Waals surface area contributed by atoms with E-state index in [0.29, 0.717) is 11.6 Å². The fraction of sp³-hybridized carbons (Fsp3) is 0.571. The normalized spacial score (nSPS) is 16.1. The van der Waals surface area contributed by atoms with Crippen LogP contribution in [0, 0.1) is 5.92 Å². The Balaban J connectivity index is 1.89. The number of anilines is 1. The smallest absolute Gasteiger partial charge is 0.270 e. The van der Waals surface area contributed by atoms with Crippen LogP contribution in [0.2, 0.25) is 0 Å². The van der Waals surface area contributed by atoms with Gasteiger partial charge in [-0.05, 0) is 44.2 Å². The minimum absolute atomic E-state index is 0.0727. The highest BCUT2D eigenvalue weighted by molar-refractivity contribution is 5.92. The summed E-state index contributed by atoms with van der Waals surface area (Å²) < 4.78 is 0. The molecule has 1 saturated carbocycles. The standard InChI is InChI=1S/C14H21N3O/c1-3-8-15-12-6-7-13(16-9-12)14(18)17-10(2)11-4-5-11/h6-7,9-11,15H,3-5,8H2,1-2H3,(H,17,18). The molecular weight excluding hydrogens is 226 g/mol. The molecule has 4 heteroatoms. The van der Waals surface area contributed by atoms with Crippen LogP contribution in [-0.4, -0.2) is 23.5 Å². The molecule has 2 N–H and O–H groups in total. The zero-order chi connectivity index (χ0) is 13.0. The molecule has 0 radical (unpaired) electrons. The van der Waals surface area contributed by atoms with Gasteiger partial charge < -0.3 is 10.6 Å². The number of nitrogens with zero attached hydrogens (tertiary/aromatic N) is 1. The Morgan fingerprint density at radius 2 is 2.28 bits per heavy atom. The molecular formula is C14H21N3O. The summed E-state index contributed by atoms with van der Waals surface area (Å²) in [6.45, 7) is 5.10. The molecule has 0 bridgehead atoms. The van der Waals surface area contributed by atoms with E-state index in [-0.39, 0.29) is 11.9 Å². The van der Waals surface area contributed by atoms with E-state index in [2.05, 4.69) is 29.5 Å². The lowest BCUT2D eigenvalue weighted by molar-refractivity contribution is 0.0931. The average Bonchev–Trinajstić information content (AvgIpc) is 3.21. The van der Waals surface area contributed by atoms with Crippen molar-refractivity contribution >= 4 is 11.6 Å². The molecule has 4 nitrogen and oxygen atoms in total. The highest BCUT2D eigenvalue weighted by atomic mass is 16.1. The number of nitrogens with one attached hydrogen (secondary N) is 2. The molecule has 0 aliphatic heterocycles. The lowest BCUT2D eigenvalue weighted by Gasteiger charge is -2.12. The maximum Gasteiger partial charge on any atom is 0.270 e. The van der Waals surface area contributed by atoms with Crippen LogP contribution >= 0.6 is 0 Å². The second kappa shape index (κ2) is 5.85. The molecule has 1 aliphatic carbocycles. The Labute approximate surface area is 108 Å². The number of carbonyl (C=O) groups is 1. The van der Waals surface area contributed by atoms with Gasteiger partial charge in [-0.25, -0.2) is 4.98 Å². The largest absolute Gasteiger partial charge is 0.384 e. The molecule has 1 unspecified atom stereocenters. The van der Waals surface area contributed by atoms with Crippen LogP contribution in [0.15, 0.2) is 18.3 Å². The second-order valence-electron chi connectivity index (χ2n) is 4.96. The van der Waals surface area contributed by atoms with Crippen molar-refractivity contribution < 1.29 is 4.79 Å². The number of hydrogen-bond acceptors (Lipinski definition) is 3. The molecule has 1 atom stereocenters. The third kappa shape index (κ3) is 3.45. The molecule has 2 rings (SSSR count). The average molecular weight is 247 g/mol. The van der Waals surface area contributed by atoms with Crippen LogP contribution in [-0.2, 0) is 0 Å². The van der Waals surface area contributed by atoms with Gasteiger partial charge in [0.2, 0.25) is 0 Å². The van der Waals surface area contributed by atoms with E-state index >= 15 is 0 Å². The Kier molecular flexibility index (Phi) is 4.18. The number of carbonyl (C=O) groups excluding carboxylic acids is 1. The summed E-state index contributed by atoms with van der Waals surface area (Å²) >= 11 is 0. The molecule has 1 fully saturated rings. The Morgan fingerprint density at radius 1 is 1.50 bits per heavy atom. The van der Waals surface area contributed by atoms with Crippen molar-refractivity contribution in [2.75, 3.05) is 11.9 Å². The summed E-state index contributed by atoms with van der Waals surface area (Å²) in [6.07, 6.45) is 5.25. The molecule has 1 aromatic heterocycles. The summed E-state index contributed by atoms with van der Waals surface area (Å²) in [4.78, 5) is 16.1. The van der Waals surface area contributed by atoms with Gasteiger partial charge in [0.1, 0.15) is 5.69 Å². The van der Waals surface area contributed by atoms with Gasteiger partial charge in [-0.2, -0.15) is 0 Å². The van der Waals surface area contributed by atoms with Crippen LogP contribution in [0.3, 0.4) is 0 Å². The molecule has 1 amide bonds. The van der Waals surface area contributed by atoms with Crippen molar-refractivity contribution in [2.45, 2.75) is 39.2 Å². The lowest BCUT2D eigenvalue weighted by atomic mass is 10.2. The molecule has 1 aromatic rings. The fourth-order valence-corrected chi connectivity index (χ4v) is 1.90. The number of pyridine rings is 1. The number of hydrogen-bond donors (Lipinski definition) is 2. The highest BCUT2D eigenvalue weighted by Crippen LogP contribution is 2.32. The van der Waals surface area contributed by atoms with Gasteiger partial charge in [0.05, 0.1) is 11.9 Å². The van der Waals surface area contributed by atoms with E-state index in [1.165, 1.54) is 12.8 Å². The van der Waals surface area contributed by atoms with Gasteiger partial charge in [-0.3, -0.25) is 4.79 Å². The highest BCUT2D eigenvalue weighted by Gasteiger charge is 2.29. The molecule has 1 aliphatic rings. The Hall–Kier alpha value is -1.58. The third-order valence-electron chi connectivity index (χ3n) is 3.26. The van der Waals surface area contributed by atoms with Crippen LogP contribution < -0.4 is 10.6 Å². The van der Waals surface area contributed by atoms with E-state index < -0.39 is 0 Å². The summed E-state index contributed by atoms with van der Waals surface area (Å²) in [5, 5.41) is 6.23. The van der Waals surface area contributed by atoms with Gasteiger partial charge >= 0.3 is 0 Å². The summed E-state index contributed by atoms with van der Waals surface area (Å²) in [7, 11) is 0. The Bertz CT molecular complexity index is 398. The first-order chi connectivity index (χ1) is 8.70. The third-order valence-corrected chi connectivity index (χ3v) is 3.26. The molecule has 18 heavy (non-hydrogen) atoms. The molecule has 98 valence electrons. The van der Waals surface area contributed by atoms with E-state index in [4.69, 9.17) is 0 Å². The minimum atomic E-state index is -0.0727. The summed E-state index contributed by atoms with van der Waals surface area (Å²) in [5.74, 6) is 0.593. The lowest BCUT2D eigenvalue weighted by Crippen LogP contribution is -2.34. The SMILES string of the molecule is CCCNc1ccc(C(=O)NC(C)C2CC2)nc1. The topological polar surface area (TPSA) is 54.0 Å². The Morgan fingerprint density at radius 3 is 2.83 bits per heavy atom. The van der Waals surface area contributed by atoms with Crippen molar-refractivity contribution in [3.63, 3.8) is 0 Å². The molecule has 0 aromatic carbocycles. The molecule has 0 saturated heterocycles. The minimum Gasteiger partial charge on any atom is -0.384 e. The predicted octanol–water partition coefficient (Wildman–Crippen LogP) is 2.43. The van der Waals surface area contributed by atoms with Gasteiger partial charge in [-0.15, -0.1) is 0 Å². The first-order valence-corrected chi connectivity index (χ1v) is 6.71. The van der Waals surface area contributed by atoms with Crippen molar-refractivity contribution in [3.8, 4) is 0 Å². The van der Waals surface area contributed by atoms with Gasteiger partial charge in [0.25, 0.3) is 5.91 Å². The second-order valence-corrected chi connectivity index (χ2v) is 4.96. The van der Waals surface area contributed by atoms with Crippen LogP contribution in [0.25, 0.3) is 0 Å². The van der Waals surface area contributed by atoms with Crippen molar-refractivity contribution in [3.05, 3.63) is 24.0 Å². The van der Waals surface area contributed by atoms with Gasteiger partial charge in [0, 0.05) is 12.6 Å². The predicted molar refractivity (Wildman–Crippen MR) is 72.7 cm³/mol. The number of amides is 1. The van der Waals surface area contributed by atoms with Crippen molar-refractivity contribution in [1.82, 2.24) is 10.3 Å². The fourth-order valence-electron chi connectivity index (χ4n) is 1.90. The van der Waals surface area contributed by atoms with Crippen molar-refractivity contribution in [2.24, 2.45) is 5.92 Å². The number of aromatic nitrogens is 1. The van der Waals surface area contributed by atoms with Gasteiger partial charge in [0.15, 0.2) is 0 Å². The first kappa shape index (κ1) is 12.9. The molecule has 1 heterocycles. The van der Waals surface area contributed by atoms with E-state index in [9.17, 15) is 4.79 Å². The quantitative estimate of drug-likeness (QED) is 0.811. The van der Waals surface area contributed by atoms with E-state index in [0.717, 1.165) is 18.7 Å². The maximum absolute atomic E-state index is 11.9. The summed E-state index contributed by atoms with van der Waals surface area (Å²) in [5.41, 5.74) is 1.45. The number of rotatable bonds is 6. The van der Waals surface area contributed by atoms with Crippen LogP contribution in [0.1, 0.15) is 43.6 Å². The first-order valence-electron chi connectivity index (χ1n) is 6.71. The molecule has 0 spiro atoms. The monoisotopic (exact) mass is 247 g/mol.